The van der Waals surface area contributed by atoms with E-state index in [4.69, 9.17) is 5.73 Å². The number of rotatable bonds is 3. The van der Waals surface area contributed by atoms with Crippen LogP contribution in [0.3, 0.4) is 0 Å². The Morgan fingerprint density at radius 3 is 2.00 bits per heavy atom. The van der Waals surface area contributed by atoms with E-state index in [2.05, 4.69) is 18.7 Å². The summed E-state index contributed by atoms with van der Waals surface area (Å²) in [6.45, 7) is 8.29. The van der Waals surface area contributed by atoms with Gasteiger partial charge < -0.3 is 5.73 Å². The molecule has 1 atom stereocenters. The lowest BCUT2D eigenvalue weighted by molar-refractivity contribution is -0.00590. The molecule has 1 unspecified atom stereocenters. The lowest BCUT2D eigenvalue weighted by Crippen LogP contribution is -2.59. The first kappa shape index (κ1) is 12.9. The largest absolute Gasteiger partial charge is 0.329 e. The second-order valence-electron chi connectivity index (χ2n) is 7.73. The summed E-state index contributed by atoms with van der Waals surface area (Å²) in [6.07, 6.45) is 11.6. The average molecular weight is 250 g/mol. The van der Waals surface area contributed by atoms with E-state index in [0.717, 1.165) is 12.0 Å². The van der Waals surface area contributed by atoms with Crippen LogP contribution in [0.2, 0.25) is 0 Å². The first-order valence-electron chi connectivity index (χ1n) is 7.99. The number of nitrogens with zero attached hydrogens (tertiary/aromatic N) is 1. The lowest BCUT2D eigenvalue weighted by Gasteiger charge is -2.51. The molecule has 1 spiro atoms. The molecule has 2 nitrogen and oxygen atoms in total. The molecule has 0 bridgehead atoms. The van der Waals surface area contributed by atoms with Gasteiger partial charge in [-0.15, -0.1) is 0 Å². The van der Waals surface area contributed by atoms with Gasteiger partial charge in [-0.05, 0) is 69.4 Å². The number of likely N-dealkylation sites (tertiary alicyclic amines) is 1. The van der Waals surface area contributed by atoms with Crippen molar-refractivity contribution in [3.63, 3.8) is 0 Å². The van der Waals surface area contributed by atoms with Crippen molar-refractivity contribution in [3.8, 4) is 0 Å². The van der Waals surface area contributed by atoms with Crippen molar-refractivity contribution in [3.05, 3.63) is 0 Å². The van der Waals surface area contributed by atoms with Crippen LogP contribution >= 0.6 is 0 Å². The number of piperidine rings is 1. The van der Waals surface area contributed by atoms with Crippen LogP contribution in [0.4, 0.5) is 0 Å². The van der Waals surface area contributed by atoms with Gasteiger partial charge in [-0.25, -0.2) is 0 Å². The van der Waals surface area contributed by atoms with Gasteiger partial charge in [-0.3, -0.25) is 4.90 Å². The molecule has 1 heterocycles. The normalized spacial score (nSPS) is 33.5. The lowest BCUT2D eigenvalue weighted by atomic mass is 9.74. The van der Waals surface area contributed by atoms with Gasteiger partial charge in [0.25, 0.3) is 0 Å². The summed E-state index contributed by atoms with van der Waals surface area (Å²) >= 11 is 0. The van der Waals surface area contributed by atoms with Gasteiger partial charge in [0.05, 0.1) is 0 Å². The Kier molecular flexibility index (Phi) is 3.02. The van der Waals surface area contributed by atoms with Crippen molar-refractivity contribution < 1.29 is 0 Å². The Hall–Kier alpha value is -0.0800. The predicted molar refractivity (Wildman–Crippen MR) is 76.5 cm³/mol. The van der Waals surface area contributed by atoms with Crippen molar-refractivity contribution in [2.45, 2.75) is 70.8 Å². The van der Waals surface area contributed by atoms with E-state index < -0.39 is 0 Å². The molecule has 0 aromatic rings. The summed E-state index contributed by atoms with van der Waals surface area (Å²) in [5.74, 6) is 0. The summed E-state index contributed by atoms with van der Waals surface area (Å²) in [6, 6.07) is 0. The van der Waals surface area contributed by atoms with Crippen molar-refractivity contribution in [1.29, 1.82) is 0 Å². The Bertz CT molecular complexity index is 305. The first-order chi connectivity index (χ1) is 8.54. The molecule has 1 saturated heterocycles. The van der Waals surface area contributed by atoms with E-state index >= 15 is 0 Å². The highest BCUT2D eigenvalue weighted by atomic mass is 15.2. The molecule has 104 valence electrons. The molecule has 2 aliphatic carbocycles. The van der Waals surface area contributed by atoms with Crippen molar-refractivity contribution in [2.75, 3.05) is 19.6 Å². The van der Waals surface area contributed by atoms with Gasteiger partial charge in [-0.2, -0.15) is 0 Å². The van der Waals surface area contributed by atoms with Crippen LogP contribution in [0.1, 0.15) is 65.2 Å². The summed E-state index contributed by atoms with van der Waals surface area (Å²) in [4.78, 5) is 2.74. The van der Waals surface area contributed by atoms with Crippen LogP contribution in [-0.4, -0.2) is 30.1 Å². The highest BCUT2D eigenvalue weighted by Crippen LogP contribution is 2.57. The molecule has 18 heavy (non-hydrogen) atoms. The first-order valence-corrected chi connectivity index (χ1v) is 7.99. The zero-order chi connectivity index (χ0) is 12.9. The molecule has 3 rings (SSSR count). The maximum atomic E-state index is 6.17. The van der Waals surface area contributed by atoms with Crippen LogP contribution in [0, 0.1) is 10.8 Å². The minimum absolute atomic E-state index is 0.257. The fourth-order valence-corrected chi connectivity index (χ4v) is 4.58. The minimum atomic E-state index is 0.257. The fraction of sp³-hybridized carbons (Fsp3) is 1.00. The van der Waals surface area contributed by atoms with Gasteiger partial charge in [0.2, 0.25) is 0 Å². The second kappa shape index (κ2) is 4.21. The average Bonchev–Trinajstić information content (AvgIpc) is 2.99. The molecule has 0 aromatic carbocycles. The van der Waals surface area contributed by atoms with Crippen LogP contribution in [0.5, 0.6) is 0 Å². The van der Waals surface area contributed by atoms with E-state index in [0.29, 0.717) is 5.41 Å². The molecule has 0 radical (unpaired) electrons. The molecule has 2 N–H and O–H groups in total. The molecular weight excluding hydrogens is 220 g/mol. The third kappa shape index (κ3) is 1.84. The molecule has 3 aliphatic rings. The summed E-state index contributed by atoms with van der Waals surface area (Å²) in [5, 5.41) is 0. The monoisotopic (exact) mass is 250 g/mol. The SMILES string of the molecule is CC1(C(C)(CN)N2CCC3(CCCC3)CC2)CC1. The van der Waals surface area contributed by atoms with Gasteiger partial charge >= 0.3 is 0 Å². The van der Waals surface area contributed by atoms with E-state index in [-0.39, 0.29) is 5.54 Å². The maximum absolute atomic E-state index is 6.17. The standard InChI is InChI=1S/C16H30N2/c1-14(7-8-14)15(2,13-17)18-11-9-16(10-12-18)5-3-4-6-16/h3-13,17H2,1-2H3. The molecule has 1 aliphatic heterocycles. The van der Waals surface area contributed by atoms with E-state index in [1.807, 2.05) is 0 Å². The van der Waals surface area contributed by atoms with Crippen molar-refractivity contribution >= 4 is 0 Å². The van der Waals surface area contributed by atoms with Crippen LogP contribution in [0.25, 0.3) is 0 Å². The predicted octanol–water partition coefficient (Wildman–Crippen LogP) is 3.16. The van der Waals surface area contributed by atoms with Gasteiger partial charge in [0.1, 0.15) is 0 Å². The topological polar surface area (TPSA) is 29.3 Å². The Morgan fingerprint density at radius 1 is 1.00 bits per heavy atom. The Labute approximate surface area is 112 Å². The fourth-order valence-electron chi connectivity index (χ4n) is 4.58. The van der Waals surface area contributed by atoms with Crippen LogP contribution in [-0.2, 0) is 0 Å². The molecule has 0 aromatic heterocycles. The number of hydrogen-bond donors (Lipinski definition) is 1. The summed E-state index contributed by atoms with van der Waals surface area (Å²) in [5.41, 5.74) is 7.66. The Balaban J connectivity index is 1.68. The number of hydrogen-bond acceptors (Lipinski definition) is 2. The summed E-state index contributed by atoms with van der Waals surface area (Å²) < 4.78 is 0. The van der Waals surface area contributed by atoms with Crippen molar-refractivity contribution in [2.24, 2.45) is 16.6 Å². The third-order valence-electron chi connectivity index (χ3n) is 6.88. The molecule has 3 fully saturated rings. The smallest absolute Gasteiger partial charge is 0.0357 e. The maximum Gasteiger partial charge on any atom is 0.0357 e. The minimum Gasteiger partial charge on any atom is -0.329 e. The van der Waals surface area contributed by atoms with E-state index in [1.54, 1.807) is 0 Å². The zero-order valence-corrected chi connectivity index (χ0v) is 12.3. The van der Waals surface area contributed by atoms with Crippen LogP contribution < -0.4 is 5.73 Å². The van der Waals surface area contributed by atoms with Gasteiger partial charge in [-0.1, -0.05) is 19.8 Å². The Morgan fingerprint density at radius 2 is 1.56 bits per heavy atom. The molecular formula is C16H30N2. The van der Waals surface area contributed by atoms with Gasteiger partial charge in [0.15, 0.2) is 0 Å². The highest BCUT2D eigenvalue weighted by Gasteiger charge is 2.56. The second-order valence-corrected chi connectivity index (χ2v) is 7.73. The summed E-state index contributed by atoms with van der Waals surface area (Å²) in [7, 11) is 0. The van der Waals surface area contributed by atoms with Crippen LogP contribution in [0.15, 0.2) is 0 Å². The van der Waals surface area contributed by atoms with Gasteiger partial charge in [0, 0.05) is 12.1 Å². The van der Waals surface area contributed by atoms with E-state index in [1.165, 1.54) is 64.5 Å². The molecule has 2 saturated carbocycles. The zero-order valence-electron chi connectivity index (χ0n) is 12.3. The quantitative estimate of drug-likeness (QED) is 0.833. The van der Waals surface area contributed by atoms with Crippen molar-refractivity contribution in [1.82, 2.24) is 4.90 Å². The molecule has 0 amide bonds. The van der Waals surface area contributed by atoms with E-state index in [9.17, 15) is 0 Å². The number of nitrogens with two attached hydrogens (primary N) is 1. The highest BCUT2D eigenvalue weighted by molar-refractivity contribution is 5.10. The molecule has 2 heteroatoms. The third-order valence-corrected chi connectivity index (χ3v) is 6.88.